The van der Waals surface area contributed by atoms with Crippen molar-refractivity contribution in [3.05, 3.63) is 29.3 Å². The van der Waals surface area contributed by atoms with E-state index in [9.17, 15) is 0 Å². The molecule has 0 spiro atoms. The molecule has 0 saturated heterocycles. The van der Waals surface area contributed by atoms with Crippen molar-refractivity contribution in [1.82, 2.24) is 0 Å². The number of nitrogens with one attached hydrogen (secondary N) is 1. The van der Waals surface area contributed by atoms with Gasteiger partial charge in [-0.25, -0.2) is 0 Å². The number of hydrogen-bond acceptors (Lipinski definition) is 3. The summed E-state index contributed by atoms with van der Waals surface area (Å²) in [6.07, 6.45) is 0.860. The second-order valence-electron chi connectivity index (χ2n) is 3.45. The molecule has 1 aromatic carbocycles. The van der Waals surface area contributed by atoms with Crippen molar-refractivity contribution < 1.29 is 5.11 Å². The van der Waals surface area contributed by atoms with E-state index in [2.05, 4.69) is 5.32 Å². The lowest BCUT2D eigenvalue weighted by atomic mass is 9.95. The zero-order chi connectivity index (χ0) is 9.26. The monoisotopic (exact) mass is 178 g/mol. The molecule has 0 aromatic heterocycles. The topological polar surface area (TPSA) is 58.3 Å². The minimum Gasteiger partial charge on any atom is -0.392 e. The lowest BCUT2D eigenvalue weighted by Crippen LogP contribution is -2.35. The standard InChI is InChI=1S/C10H14N2O/c11-8-4-9-7(6-13)2-1-3-10(9)12-5-8/h1-3,8,12-13H,4-6,11H2. The van der Waals surface area contributed by atoms with Crippen LogP contribution in [0.1, 0.15) is 11.1 Å². The molecule has 0 amide bonds. The molecule has 0 fully saturated rings. The third-order valence-corrected chi connectivity index (χ3v) is 2.46. The Morgan fingerprint density at radius 2 is 2.38 bits per heavy atom. The van der Waals surface area contributed by atoms with Crippen LogP contribution >= 0.6 is 0 Å². The van der Waals surface area contributed by atoms with Crippen LogP contribution in [0.15, 0.2) is 18.2 Å². The van der Waals surface area contributed by atoms with Crippen molar-refractivity contribution in [2.45, 2.75) is 19.1 Å². The molecule has 0 bridgehead atoms. The largest absolute Gasteiger partial charge is 0.392 e. The Kier molecular flexibility index (Phi) is 2.20. The maximum atomic E-state index is 9.11. The van der Waals surface area contributed by atoms with Gasteiger partial charge in [0, 0.05) is 18.3 Å². The molecule has 1 atom stereocenters. The van der Waals surface area contributed by atoms with E-state index in [0.717, 1.165) is 24.2 Å². The summed E-state index contributed by atoms with van der Waals surface area (Å²) in [4.78, 5) is 0. The molecule has 3 nitrogen and oxygen atoms in total. The van der Waals surface area contributed by atoms with Gasteiger partial charge in [-0.1, -0.05) is 12.1 Å². The molecular weight excluding hydrogens is 164 g/mol. The maximum Gasteiger partial charge on any atom is 0.0685 e. The highest BCUT2D eigenvalue weighted by Gasteiger charge is 2.16. The molecular formula is C10H14N2O. The van der Waals surface area contributed by atoms with Gasteiger partial charge in [0.05, 0.1) is 6.61 Å². The highest BCUT2D eigenvalue weighted by molar-refractivity contribution is 5.57. The molecule has 0 saturated carbocycles. The first-order valence-electron chi connectivity index (χ1n) is 4.52. The highest BCUT2D eigenvalue weighted by Crippen LogP contribution is 2.24. The molecule has 4 N–H and O–H groups in total. The van der Waals surface area contributed by atoms with Crippen LogP contribution in [-0.4, -0.2) is 17.7 Å². The number of aliphatic hydroxyl groups is 1. The van der Waals surface area contributed by atoms with E-state index in [1.54, 1.807) is 0 Å². The fraction of sp³-hybridized carbons (Fsp3) is 0.400. The first-order valence-corrected chi connectivity index (χ1v) is 4.52. The molecule has 1 aromatic rings. The van der Waals surface area contributed by atoms with Crippen LogP contribution < -0.4 is 11.1 Å². The molecule has 13 heavy (non-hydrogen) atoms. The minimum absolute atomic E-state index is 0.0948. The van der Waals surface area contributed by atoms with Gasteiger partial charge in [-0.2, -0.15) is 0 Å². The Morgan fingerprint density at radius 3 is 3.15 bits per heavy atom. The Balaban J connectivity index is 2.41. The summed E-state index contributed by atoms with van der Waals surface area (Å²) >= 11 is 0. The molecule has 0 radical (unpaired) electrons. The number of benzene rings is 1. The quantitative estimate of drug-likeness (QED) is 0.586. The molecule has 70 valence electrons. The zero-order valence-electron chi connectivity index (χ0n) is 7.46. The lowest BCUT2D eigenvalue weighted by molar-refractivity contribution is 0.280. The fourth-order valence-electron chi connectivity index (χ4n) is 1.76. The van der Waals surface area contributed by atoms with E-state index in [0.29, 0.717) is 0 Å². The normalized spacial score (nSPS) is 20.6. The van der Waals surface area contributed by atoms with Gasteiger partial charge in [0.1, 0.15) is 0 Å². The summed E-state index contributed by atoms with van der Waals surface area (Å²) in [6, 6.07) is 6.09. The number of fused-ring (bicyclic) bond motifs is 1. The van der Waals surface area contributed by atoms with Gasteiger partial charge in [-0.15, -0.1) is 0 Å². The average molecular weight is 178 g/mol. The Bertz CT molecular complexity index is 298. The third-order valence-electron chi connectivity index (χ3n) is 2.46. The number of rotatable bonds is 1. The average Bonchev–Trinajstić information content (AvgIpc) is 2.17. The first kappa shape index (κ1) is 8.53. The summed E-state index contributed by atoms with van der Waals surface area (Å²) < 4.78 is 0. The number of nitrogens with two attached hydrogens (primary N) is 1. The second-order valence-corrected chi connectivity index (χ2v) is 3.45. The molecule has 2 rings (SSSR count). The van der Waals surface area contributed by atoms with Crippen molar-refractivity contribution in [2.24, 2.45) is 5.73 Å². The van der Waals surface area contributed by atoms with Gasteiger partial charge in [-0.05, 0) is 23.6 Å². The molecule has 3 heteroatoms. The third kappa shape index (κ3) is 1.53. The van der Waals surface area contributed by atoms with E-state index in [1.165, 1.54) is 5.56 Å². The van der Waals surface area contributed by atoms with Crippen LogP contribution in [0.4, 0.5) is 5.69 Å². The van der Waals surface area contributed by atoms with E-state index in [4.69, 9.17) is 10.8 Å². The van der Waals surface area contributed by atoms with Crippen molar-refractivity contribution in [3.63, 3.8) is 0 Å². The van der Waals surface area contributed by atoms with Crippen LogP contribution in [-0.2, 0) is 13.0 Å². The smallest absolute Gasteiger partial charge is 0.0685 e. The summed E-state index contributed by atoms with van der Waals surface area (Å²) in [5.41, 5.74) is 9.10. The van der Waals surface area contributed by atoms with Gasteiger partial charge >= 0.3 is 0 Å². The van der Waals surface area contributed by atoms with E-state index in [-0.39, 0.29) is 12.6 Å². The summed E-state index contributed by atoms with van der Waals surface area (Å²) in [5, 5.41) is 12.4. The van der Waals surface area contributed by atoms with Crippen molar-refractivity contribution in [2.75, 3.05) is 11.9 Å². The number of aliphatic hydroxyl groups excluding tert-OH is 1. The van der Waals surface area contributed by atoms with Crippen molar-refractivity contribution in [1.29, 1.82) is 0 Å². The Hall–Kier alpha value is -1.06. The van der Waals surface area contributed by atoms with Crippen LogP contribution in [0.25, 0.3) is 0 Å². The van der Waals surface area contributed by atoms with Crippen LogP contribution in [0.2, 0.25) is 0 Å². The predicted molar refractivity (Wildman–Crippen MR) is 52.5 cm³/mol. The maximum absolute atomic E-state index is 9.11. The second kappa shape index (κ2) is 3.36. The van der Waals surface area contributed by atoms with E-state index < -0.39 is 0 Å². The van der Waals surface area contributed by atoms with E-state index in [1.807, 2.05) is 18.2 Å². The highest BCUT2D eigenvalue weighted by atomic mass is 16.3. The Labute approximate surface area is 77.6 Å². The predicted octanol–water partition coefficient (Wildman–Crippen LogP) is 0.474. The summed E-state index contributed by atoms with van der Waals surface area (Å²) in [7, 11) is 0. The molecule has 1 aliphatic rings. The van der Waals surface area contributed by atoms with E-state index >= 15 is 0 Å². The van der Waals surface area contributed by atoms with Crippen molar-refractivity contribution in [3.8, 4) is 0 Å². The zero-order valence-corrected chi connectivity index (χ0v) is 7.46. The van der Waals surface area contributed by atoms with Gasteiger partial charge in [0.15, 0.2) is 0 Å². The lowest BCUT2D eigenvalue weighted by Gasteiger charge is -2.25. The van der Waals surface area contributed by atoms with Gasteiger partial charge in [0.25, 0.3) is 0 Å². The minimum atomic E-state index is 0.0948. The Morgan fingerprint density at radius 1 is 1.54 bits per heavy atom. The van der Waals surface area contributed by atoms with Crippen LogP contribution in [0.5, 0.6) is 0 Å². The number of hydrogen-bond donors (Lipinski definition) is 3. The van der Waals surface area contributed by atoms with Gasteiger partial charge in [0.2, 0.25) is 0 Å². The summed E-state index contributed by atoms with van der Waals surface area (Å²) in [6.45, 7) is 0.916. The van der Waals surface area contributed by atoms with Gasteiger partial charge < -0.3 is 16.2 Å². The molecule has 1 heterocycles. The van der Waals surface area contributed by atoms with Gasteiger partial charge in [-0.3, -0.25) is 0 Å². The SMILES string of the molecule is NC1CNc2cccc(CO)c2C1. The van der Waals surface area contributed by atoms with Crippen LogP contribution in [0.3, 0.4) is 0 Å². The van der Waals surface area contributed by atoms with Crippen molar-refractivity contribution >= 4 is 5.69 Å². The summed E-state index contributed by atoms with van der Waals surface area (Å²) in [5.74, 6) is 0. The van der Waals surface area contributed by atoms with Crippen LogP contribution in [0, 0.1) is 0 Å². The molecule has 1 aliphatic heterocycles. The molecule has 1 unspecified atom stereocenters. The first-order chi connectivity index (χ1) is 6.31. The number of anilines is 1. The fourth-order valence-corrected chi connectivity index (χ4v) is 1.76. The molecule has 0 aliphatic carbocycles.